The molecular weight excluding hydrogens is 232 g/mol. The highest BCUT2D eigenvalue weighted by atomic mass is 16.5. The first kappa shape index (κ1) is 15.0. The van der Waals surface area contributed by atoms with Crippen molar-refractivity contribution in [3.63, 3.8) is 0 Å². The van der Waals surface area contributed by atoms with Crippen LogP contribution in [0.4, 0.5) is 0 Å². The van der Waals surface area contributed by atoms with E-state index in [2.05, 4.69) is 5.32 Å². The van der Waals surface area contributed by atoms with Gasteiger partial charge in [-0.1, -0.05) is 13.8 Å². The van der Waals surface area contributed by atoms with Gasteiger partial charge in [-0.15, -0.1) is 0 Å². The number of amides is 2. The summed E-state index contributed by atoms with van der Waals surface area (Å²) in [5.74, 6) is 0.0217. The largest absolute Gasteiger partial charge is 0.377 e. The highest BCUT2D eigenvalue weighted by Crippen LogP contribution is 2.16. The molecule has 18 heavy (non-hydrogen) atoms. The van der Waals surface area contributed by atoms with Crippen molar-refractivity contribution in [3.05, 3.63) is 0 Å². The predicted octanol–water partition coefficient (Wildman–Crippen LogP) is 0.784. The van der Waals surface area contributed by atoms with E-state index < -0.39 is 11.6 Å². The first-order chi connectivity index (χ1) is 8.26. The van der Waals surface area contributed by atoms with E-state index in [0.717, 1.165) is 0 Å². The number of carbonyl (C=O) groups is 2. The highest BCUT2D eigenvalue weighted by molar-refractivity contribution is 5.90. The molecule has 2 amide bonds. The van der Waals surface area contributed by atoms with Crippen molar-refractivity contribution in [2.24, 2.45) is 5.92 Å². The Bertz CT molecular complexity index is 326. The summed E-state index contributed by atoms with van der Waals surface area (Å²) in [6.45, 7) is 8.71. The van der Waals surface area contributed by atoms with E-state index in [4.69, 9.17) is 4.74 Å². The lowest BCUT2D eigenvalue weighted by Gasteiger charge is -2.32. The van der Waals surface area contributed by atoms with Gasteiger partial charge in [-0.3, -0.25) is 9.59 Å². The minimum atomic E-state index is -0.423. The number of hydrogen-bond acceptors (Lipinski definition) is 3. The summed E-state index contributed by atoms with van der Waals surface area (Å²) >= 11 is 0. The number of nitrogens with zero attached hydrogens (tertiary/aromatic N) is 1. The van der Waals surface area contributed by atoms with E-state index in [0.29, 0.717) is 19.5 Å². The summed E-state index contributed by atoms with van der Waals surface area (Å²) in [6, 6.07) is -0.423. The number of carbonyl (C=O) groups excluding carboxylic acids is 2. The van der Waals surface area contributed by atoms with E-state index in [9.17, 15) is 9.59 Å². The zero-order chi connectivity index (χ0) is 13.9. The maximum absolute atomic E-state index is 12.4. The standard InChI is InChI=1S/C13H24N2O3/c1-9(2)11-12(17)15(7-6-10(16)14-11)8-13(3,4)18-5/h9,11H,6-8H2,1-5H3,(H,14,16). The molecule has 1 N–H and O–H groups in total. The lowest BCUT2D eigenvalue weighted by Crippen LogP contribution is -2.51. The third-order valence-electron chi connectivity index (χ3n) is 3.29. The molecule has 0 aliphatic carbocycles. The van der Waals surface area contributed by atoms with Crippen LogP contribution in [0.25, 0.3) is 0 Å². The Hall–Kier alpha value is -1.10. The second-order valence-corrected chi connectivity index (χ2v) is 5.76. The van der Waals surface area contributed by atoms with Gasteiger partial charge in [-0.25, -0.2) is 0 Å². The SMILES string of the molecule is COC(C)(C)CN1CCC(=O)NC(C(C)C)C1=O. The molecule has 0 bridgehead atoms. The van der Waals surface area contributed by atoms with Gasteiger partial charge in [-0.05, 0) is 19.8 Å². The van der Waals surface area contributed by atoms with E-state index in [1.807, 2.05) is 27.7 Å². The van der Waals surface area contributed by atoms with Crippen LogP contribution in [0.3, 0.4) is 0 Å². The summed E-state index contributed by atoms with van der Waals surface area (Å²) in [5, 5.41) is 2.79. The summed E-state index contributed by atoms with van der Waals surface area (Å²) in [7, 11) is 1.63. The minimum Gasteiger partial charge on any atom is -0.377 e. The topological polar surface area (TPSA) is 58.6 Å². The maximum Gasteiger partial charge on any atom is 0.245 e. The van der Waals surface area contributed by atoms with Crippen molar-refractivity contribution < 1.29 is 14.3 Å². The highest BCUT2D eigenvalue weighted by Gasteiger charge is 2.34. The van der Waals surface area contributed by atoms with Gasteiger partial charge < -0.3 is 15.0 Å². The van der Waals surface area contributed by atoms with Gasteiger partial charge in [0.2, 0.25) is 11.8 Å². The minimum absolute atomic E-state index is 0.0130. The Kier molecular flexibility index (Phi) is 4.73. The van der Waals surface area contributed by atoms with Gasteiger partial charge in [0.1, 0.15) is 6.04 Å². The average molecular weight is 256 g/mol. The van der Waals surface area contributed by atoms with Crippen molar-refractivity contribution >= 4 is 11.8 Å². The van der Waals surface area contributed by atoms with Gasteiger partial charge in [0.15, 0.2) is 0 Å². The summed E-state index contributed by atoms with van der Waals surface area (Å²) < 4.78 is 5.35. The molecule has 1 aliphatic rings. The summed E-state index contributed by atoms with van der Waals surface area (Å²) in [6.07, 6.45) is 0.356. The fourth-order valence-electron chi connectivity index (χ4n) is 1.98. The molecule has 104 valence electrons. The van der Waals surface area contributed by atoms with Crippen molar-refractivity contribution in [2.45, 2.75) is 45.8 Å². The monoisotopic (exact) mass is 256 g/mol. The Morgan fingerprint density at radius 2 is 2.06 bits per heavy atom. The molecule has 1 heterocycles. The van der Waals surface area contributed by atoms with Crippen LogP contribution in [-0.4, -0.2) is 48.6 Å². The van der Waals surface area contributed by atoms with Gasteiger partial charge in [0.05, 0.1) is 5.60 Å². The molecule has 1 saturated heterocycles. The van der Waals surface area contributed by atoms with Crippen molar-refractivity contribution in [1.29, 1.82) is 0 Å². The molecule has 1 fully saturated rings. The normalized spacial score (nSPS) is 22.1. The average Bonchev–Trinajstić information content (AvgIpc) is 2.42. The second-order valence-electron chi connectivity index (χ2n) is 5.76. The molecule has 1 atom stereocenters. The second kappa shape index (κ2) is 5.69. The molecule has 1 aliphatic heterocycles. The first-order valence-electron chi connectivity index (χ1n) is 6.40. The van der Waals surface area contributed by atoms with Crippen LogP contribution >= 0.6 is 0 Å². The molecular formula is C13H24N2O3. The molecule has 0 spiro atoms. The fourth-order valence-corrected chi connectivity index (χ4v) is 1.98. The van der Waals surface area contributed by atoms with Gasteiger partial charge >= 0.3 is 0 Å². The molecule has 5 heteroatoms. The predicted molar refractivity (Wildman–Crippen MR) is 69.1 cm³/mol. The van der Waals surface area contributed by atoms with E-state index in [-0.39, 0.29) is 17.7 Å². The van der Waals surface area contributed by atoms with Crippen LogP contribution < -0.4 is 5.32 Å². The lowest BCUT2D eigenvalue weighted by atomic mass is 10.0. The van der Waals surface area contributed by atoms with Crippen molar-refractivity contribution in [2.75, 3.05) is 20.2 Å². The van der Waals surface area contributed by atoms with Crippen LogP contribution in [0, 0.1) is 5.92 Å². The van der Waals surface area contributed by atoms with Crippen LogP contribution in [0.5, 0.6) is 0 Å². The Morgan fingerprint density at radius 3 is 2.56 bits per heavy atom. The van der Waals surface area contributed by atoms with Gasteiger partial charge in [0.25, 0.3) is 0 Å². The third kappa shape index (κ3) is 3.70. The van der Waals surface area contributed by atoms with E-state index in [1.54, 1.807) is 12.0 Å². The smallest absolute Gasteiger partial charge is 0.245 e. The zero-order valence-electron chi connectivity index (χ0n) is 11.9. The molecule has 0 radical (unpaired) electrons. The number of rotatable bonds is 4. The first-order valence-corrected chi connectivity index (χ1v) is 6.40. The Morgan fingerprint density at radius 1 is 1.44 bits per heavy atom. The number of ether oxygens (including phenoxy) is 1. The molecule has 0 aromatic heterocycles. The fraction of sp³-hybridized carbons (Fsp3) is 0.846. The molecule has 1 unspecified atom stereocenters. The molecule has 0 aromatic rings. The maximum atomic E-state index is 12.4. The van der Waals surface area contributed by atoms with E-state index in [1.165, 1.54) is 0 Å². The summed E-state index contributed by atoms with van der Waals surface area (Å²) in [4.78, 5) is 25.7. The number of methoxy groups -OCH3 is 1. The number of nitrogens with one attached hydrogen (secondary N) is 1. The van der Waals surface area contributed by atoms with Crippen LogP contribution in [0.1, 0.15) is 34.1 Å². The van der Waals surface area contributed by atoms with E-state index >= 15 is 0 Å². The van der Waals surface area contributed by atoms with Crippen LogP contribution in [0.2, 0.25) is 0 Å². The van der Waals surface area contributed by atoms with Crippen molar-refractivity contribution in [1.82, 2.24) is 10.2 Å². The van der Waals surface area contributed by atoms with Gasteiger partial charge in [0, 0.05) is 26.6 Å². The quantitative estimate of drug-likeness (QED) is 0.809. The van der Waals surface area contributed by atoms with Crippen LogP contribution in [0.15, 0.2) is 0 Å². The molecule has 0 aromatic carbocycles. The Balaban J connectivity index is 2.84. The van der Waals surface area contributed by atoms with Crippen LogP contribution in [-0.2, 0) is 14.3 Å². The number of hydrogen-bond donors (Lipinski definition) is 1. The third-order valence-corrected chi connectivity index (χ3v) is 3.29. The van der Waals surface area contributed by atoms with Crippen molar-refractivity contribution in [3.8, 4) is 0 Å². The Labute approximate surface area is 109 Å². The molecule has 5 nitrogen and oxygen atoms in total. The lowest BCUT2D eigenvalue weighted by molar-refractivity contribution is -0.137. The van der Waals surface area contributed by atoms with Gasteiger partial charge in [-0.2, -0.15) is 0 Å². The summed E-state index contributed by atoms with van der Waals surface area (Å²) in [5.41, 5.74) is -0.398. The zero-order valence-corrected chi connectivity index (χ0v) is 11.9. The molecule has 0 saturated carbocycles. The molecule has 1 rings (SSSR count).